The highest BCUT2D eigenvalue weighted by atomic mass is 32.2. The van der Waals surface area contributed by atoms with Crippen LogP contribution in [0, 0.1) is 12.3 Å². The molecule has 0 radical (unpaired) electrons. The van der Waals surface area contributed by atoms with Crippen molar-refractivity contribution < 1.29 is 4.79 Å². The summed E-state index contributed by atoms with van der Waals surface area (Å²) in [5.74, 6) is -0.256. The molecule has 2 aliphatic rings. The summed E-state index contributed by atoms with van der Waals surface area (Å²) >= 11 is 1.41. The fraction of sp³-hybridized carbons (Fsp3) is 0.400. The van der Waals surface area contributed by atoms with Gasteiger partial charge in [0.1, 0.15) is 5.04 Å². The van der Waals surface area contributed by atoms with Crippen LogP contribution in [0.4, 0.5) is 0 Å². The van der Waals surface area contributed by atoms with Crippen molar-refractivity contribution in [2.45, 2.75) is 52.4 Å². The predicted molar refractivity (Wildman–Crippen MR) is 110 cm³/mol. The zero-order valence-electron chi connectivity index (χ0n) is 15.3. The summed E-state index contributed by atoms with van der Waals surface area (Å²) in [4.78, 5) is 16.6. The van der Waals surface area contributed by atoms with Crippen LogP contribution in [-0.4, -0.2) is 27.0 Å². The quantitative estimate of drug-likeness (QED) is 0.545. The number of hydrogen-bond donors (Lipinski definition) is 1. The molecule has 0 saturated carbocycles. The van der Waals surface area contributed by atoms with Crippen LogP contribution in [0.3, 0.4) is 0 Å². The minimum Gasteiger partial charge on any atom is -0.282 e. The Kier molecular flexibility index (Phi) is 6.04. The number of fused-ring (bicyclic) bond motifs is 1. The number of hydrogen-bond acceptors (Lipinski definition) is 4. The summed E-state index contributed by atoms with van der Waals surface area (Å²) < 4.78 is 0. The van der Waals surface area contributed by atoms with Crippen molar-refractivity contribution >= 4 is 39.8 Å². The van der Waals surface area contributed by atoms with Gasteiger partial charge < -0.3 is 0 Å². The average Bonchev–Trinajstić information content (AvgIpc) is 3.03. The van der Waals surface area contributed by atoms with Crippen molar-refractivity contribution in [2.24, 2.45) is 10.1 Å². The molecule has 6 heteroatoms. The zero-order chi connectivity index (χ0) is 18.5. The van der Waals surface area contributed by atoms with Crippen LogP contribution < -0.4 is 0 Å². The lowest BCUT2D eigenvalue weighted by molar-refractivity contribution is -0.114. The van der Waals surface area contributed by atoms with Gasteiger partial charge in [-0.2, -0.15) is 15.1 Å². The molecule has 0 unspecified atom stereocenters. The standard InChI is InChI=1S/C20H24N4OS/c1-3-4-5-6-7-12-17-23-24-18(21)16(19(25)22-20(24)26-17)13-15-11-9-8-10-14(15)2/h8-11,13,21H,3-7,12H2,1-2H3. The first kappa shape index (κ1) is 18.6. The summed E-state index contributed by atoms with van der Waals surface area (Å²) in [7, 11) is 0. The van der Waals surface area contributed by atoms with Crippen LogP contribution in [0.1, 0.15) is 56.6 Å². The SMILES string of the molecule is CCCCCCCC1=NN2C(=N)C(=Cc3ccccc3C)C(=O)N=C2S1. The minimum absolute atomic E-state index is 0.108. The molecule has 0 bridgehead atoms. The van der Waals surface area contributed by atoms with Crippen molar-refractivity contribution in [3.05, 3.63) is 41.0 Å². The molecule has 5 nitrogen and oxygen atoms in total. The van der Waals surface area contributed by atoms with Crippen LogP contribution in [-0.2, 0) is 4.79 Å². The second kappa shape index (κ2) is 8.45. The Morgan fingerprint density at radius 1 is 1.19 bits per heavy atom. The molecule has 1 aromatic carbocycles. The van der Waals surface area contributed by atoms with Crippen LogP contribution in [0.25, 0.3) is 6.08 Å². The van der Waals surface area contributed by atoms with Gasteiger partial charge in [-0.25, -0.2) is 0 Å². The lowest BCUT2D eigenvalue weighted by Crippen LogP contribution is -2.35. The highest BCUT2D eigenvalue weighted by Crippen LogP contribution is 2.30. The second-order valence-electron chi connectivity index (χ2n) is 6.53. The van der Waals surface area contributed by atoms with Gasteiger partial charge in [-0.05, 0) is 48.7 Å². The van der Waals surface area contributed by atoms with Gasteiger partial charge in [0.2, 0.25) is 5.17 Å². The number of aryl methyl sites for hydroxylation is 1. The number of thioether (sulfide) groups is 1. The Morgan fingerprint density at radius 3 is 2.73 bits per heavy atom. The van der Waals surface area contributed by atoms with E-state index in [1.807, 2.05) is 31.2 Å². The molecule has 0 fully saturated rings. The van der Waals surface area contributed by atoms with Crippen molar-refractivity contribution in [3.8, 4) is 0 Å². The van der Waals surface area contributed by atoms with E-state index < -0.39 is 0 Å². The topological polar surface area (TPSA) is 68.9 Å². The average molecular weight is 369 g/mol. The van der Waals surface area contributed by atoms with E-state index in [2.05, 4.69) is 17.0 Å². The molecular weight excluding hydrogens is 344 g/mol. The van der Waals surface area contributed by atoms with E-state index in [-0.39, 0.29) is 17.3 Å². The van der Waals surface area contributed by atoms with Gasteiger partial charge >= 0.3 is 0 Å². The van der Waals surface area contributed by atoms with Crippen LogP contribution in [0.15, 0.2) is 39.9 Å². The van der Waals surface area contributed by atoms with E-state index in [1.54, 1.807) is 6.08 Å². The van der Waals surface area contributed by atoms with Crippen LogP contribution in [0.5, 0.6) is 0 Å². The number of benzene rings is 1. The van der Waals surface area contributed by atoms with E-state index in [1.165, 1.54) is 42.5 Å². The lowest BCUT2D eigenvalue weighted by Gasteiger charge is -2.20. The smallest absolute Gasteiger partial charge is 0.282 e. The molecule has 0 spiro atoms. The summed E-state index contributed by atoms with van der Waals surface area (Å²) in [5.41, 5.74) is 2.27. The Morgan fingerprint density at radius 2 is 1.96 bits per heavy atom. The third-order valence-electron chi connectivity index (χ3n) is 4.48. The molecular formula is C20H24N4OS. The van der Waals surface area contributed by atoms with Crippen LogP contribution in [0.2, 0.25) is 0 Å². The Bertz CT molecular complexity index is 810. The van der Waals surface area contributed by atoms with Gasteiger partial charge in [-0.3, -0.25) is 10.2 Å². The maximum absolute atomic E-state index is 12.4. The number of nitrogens with zero attached hydrogens (tertiary/aromatic N) is 3. The number of unbranched alkanes of at least 4 members (excludes halogenated alkanes) is 4. The number of carbonyl (C=O) groups is 1. The highest BCUT2D eigenvalue weighted by molar-refractivity contribution is 8.26. The Hall–Kier alpha value is -2.21. The molecule has 136 valence electrons. The molecule has 1 amide bonds. The zero-order valence-corrected chi connectivity index (χ0v) is 16.1. The summed E-state index contributed by atoms with van der Waals surface area (Å²) in [6.07, 6.45) is 8.64. The molecule has 0 atom stereocenters. The number of amides is 1. The van der Waals surface area contributed by atoms with Gasteiger partial charge in [-0.15, -0.1) is 0 Å². The fourth-order valence-electron chi connectivity index (χ4n) is 2.92. The first-order valence-electron chi connectivity index (χ1n) is 9.15. The first-order chi connectivity index (χ1) is 12.6. The number of nitrogens with one attached hydrogen (secondary N) is 1. The summed E-state index contributed by atoms with van der Waals surface area (Å²) in [5, 5.41) is 15.9. The van der Waals surface area contributed by atoms with Gasteiger partial charge in [-0.1, -0.05) is 56.9 Å². The van der Waals surface area contributed by atoms with Crippen molar-refractivity contribution in [3.63, 3.8) is 0 Å². The number of aliphatic imine (C=N–C) groups is 1. The Balaban J connectivity index is 1.73. The largest absolute Gasteiger partial charge is 0.283 e. The molecule has 1 aromatic rings. The number of amidine groups is 2. The van der Waals surface area contributed by atoms with Gasteiger partial charge in [0.15, 0.2) is 5.84 Å². The lowest BCUT2D eigenvalue weighted by atomic mass is 10.0. The van der Waals surface area contributed by atoms with E-state index in [9.17, 15) is 4.79 Å². The van der Waals surface area contributed by atoms with E-state index in [4.69, 9.17) is 5.41 Å². The fourth-order valence-corrected chi connectivity index (χ4v) is 3.84. The maximum atomic E-state index is 12.4. The molecule has 0 aromatic heterocycles. The second-order valence-corrected chi connectivity index (χ2v) is 7.58. The third-order valence-corrected chi connectivity index (χ3v) is 5.45. The van der Waals surface area contributed by atoms with E-state index in [0.717, 1.165) is 29.0 Å². The van der Waals surface area contributed by atoms with Crippen molar-refractivity contribution in [1.82, 2.24) is 5.01 Å². The van der Waals surface area contributed by atoms with Gasteiger partial charge in [0.25, 0.3) is 5.91 Å². The third kappa shape index (κ3) is 4.12. The number of carbonyl (C=O) groups excluding carboxylic acids is 1. The monoisotopic (exact) mass is 368 g/mol. The predicted octanol–water partition coefficient (Wildman–Crippen LogP) is 4.97. The molecule has 2 aliphatic heterocycles. The summed E-state index contributed by atoms with van der Waals surface area (Å²) in [6.45, 7) is 4.19. The molecule has 1 N–H and O–H groups in total. The van der Waals surface area contributed by atoms with Crippen LogP contribution >= 0.6 is 11.8 Å². The summed E-state index contributed by atoms with van der Waals surface area (Å²) in [6, 6.07) is 7.80. The molecule has 3 rings (SSSR count). The molecule has 0 saturated heterocycles. The molecule has 0 aliphatic carbocycles. The Labute approximate surface area is 158 Å². The number of hydrazone groups is 1. The normalized spacial score (nSPS) is 18.2. The van der Waals surface area contributed by atoms with Gasteiger partial charge in [0, 0.05) is 0 Å². The number of rotatable bonds is 7. The molecule has 26 heavy (non-hydrogen) atoms. The molecule has 2 heterocycles. The highest BCUT2D eigenvalue weighted by Gasteiger charge is 2.35. The first-order valence-corrected chi connectivity index (χ1v) is 9.96. The maximum Gasteiger partial charge on any atom is 0.283 e. The van der Waals surface area contributed by atoms with Crippen molar-refractivity contribution in [2.75, 3.05) is 0 Å². The minimum atomic E-state index is -0.364. The van der Waals surface area contributed by atoms with Crippen molar-refractivity contribution in [1.29, 1.82) is 5.41 Å². The van der Waals surface area contributed by atoms with Gasteiger partial charge in [0.05, 0.1) is 5.57 Å². The van der Waals surface area contributed by atoms with E-state index >= 15 is 0 Å². The van der Waals surface area contributed by atoms with E-state index in [0.29, 0.717) is 5.17 Å².